The molecule has 0 bridgehead atoms. The zero-order chi connectivity index (χ0) is 8.97. The van der Waals surface area contributed by atoms with Crippen LogP contribution in [0.2, 0.25) is 0 Å². The van der Waals surface area contributed by atoms with Crippen molar-refractivity contribution in [2.75, 3.05) is 26.2 Å². The van der Waals surface area contributed by atoms with Crippen molar-refractivity contribution >= 4 is 6.03 Å². The van der Waals surface area contributed by atoms with Gasteiger partial charge in [-0.3, -0.25) is 0 Å². The molecule has 1 rings (SSSR count). The van der Waals surface area contributed by atoms with E-state index in [1.807, 2.05) is 0 Å². The first-order valence-electron chi connectivity index (χ1n) is 4.13. The van der Waals surface area contributed by atoms with Gasteiger partial charge in [0.2, 0.25) is 0 Å². The molecule has 4 N–H and O–H groups in total. The molecule has 1 saturated heterocycles. The number of carbonyl (C=O) groups is 1. The summed E-state index contributed by atoms with van der Waals surface area (Å²) in [6, 6.07) is -0.337. The van der Waals surface area contributed by atoms with Gasteiger partial charge in [0.05, 0.1) is 0 Å². The fraction of sp³-hybridized carbons (Fsp3) is 0.857. The topological polar surface area (TPSA) is 78.6 Å². The minimum absolute atomic E-state index is 0.0567. The van der Waals surface area contributed by atoms with Crippen LogP contribution in [-0.4, -0.2) is 48.3 Å². The Morgan fingerprint density at radius 1 is 1.75 bits per heavy atom. The number of aliphatic hydroxyl groups excluding tert-OH is 1. The third-order valence-electron chi connectivity index (χ3n) is 2.10. The highest BCUT2D eigenvalue weighted by atomic mass is 16.3. The minimum Gasteiger partial charge on any atom is -0.396 e. The Labute approximate surface area is 71.5 Å². The molecule has 1 aliphatic heterocycles. The maximum Gasteiger partial charge on any atom is 0.315 e. The first-order valence-corrected chi connectivity index (χ1v) is 4.13. The molecule has 0 radical (unpaired) electrons. The minimum atomic E-state index is -0.394. The highest BCUT2D eigenvalue weighted by Gasteiger charge is 2.23. The molecule has 70 valence electrons. The number of hydrogen-bond acceptors (Lipinski definition) is 3. The number of hydrogen-bond donors (Lipinski definition) is 3. The van der Waals surface area contributed by atoms with E-state index in [2.05, 4.69) is 5.32 Å². The molecular weight excluding hydrogens is 158 g/mol. The van der Waals surface area contributed by atoms with Gasteiger partial charge in [0.15, 0.2) is 0 Å². The van der Waals surface area contributed by atoms with E-state index in [0.29, 0.717) is 13.0 Å². The molecule has 2 amide bonds. The van der Waals surface area contributed by atoms with Crippen molar-refractivity contribution < 1.29 is 9.90 Å². The van der Waals surface area contributed by atoms with E-state index in [1.165, 1.54) is 0 Å². The molecule has 1 atom stereocenters. The van der Waals surface area contributed by atoms with Crippen LogP contribution in [0.25, 0.3) is 0 Å². The molecule has 0 saturated carbocycles. The van der Waals surface area contributed by atoms with Gasteiger partial charge in [0, 0.05) is 32.3 Å². The van der Waals surface area contributed by atoms with Crippen molar-refractivity contribution in [2.24, 2.45) is 5.73 Å². The van der Waals surface area contributed by atoms with Crippen LogP contribution in [0, 0.1) is 0 Å². The number of carbonyl (C=O) groups excluding carboxylic acids is 1. The fourth-order valence-electron chi connectivity index (χ4n) is 1.46. The van der Waals surface area contributed by atoms with E-state index >= 15 is 0 Å². The lowest BCUT2D eigenvalue weighted by Gasteiger charge is -2.34. The van der Waals surface area contributed by atoms with Gasteiger partial charge in [0.25, 0.3) is 0 Å². The first-order chi connectivity index (χ1) is 5.75. The highest BCUT2D eigenvalue weighted by molar-refractivity contribution is 5.72. The monoisotopic (exact) mass is 173 g/mol. The molecule has 0 spiro atoms. The summed E-state index contributed by atoms with van der Waals surface area (Å²) in [5, 5.41) is 11.9. The van der Waals surface area contributed by atoms with Crippen LogP contribution in [0.3, 0.4) is 0 Å². The van der Waals surface area contributed by atoms with Crippen LogP contribution in [0.4, 0.5) is 4.79 Å². The van der Waals surface area contributed by atoms with Crippen molar-refractivity contribution in [3.63, 3.8) is 0 Å². The summed E-state index contributed by atoms with van der Waals surface area (Å²) in [5.74, 6) is 0. The summed E-state index contributed by atoms with van der Waals surface area (Å²) in [4.78, 5) is 12.5. The number of nitrogens with one attached hydrogen (secondary N) is 1. The van der Waals surface area contributed by atoms with Gasteiger partial charge < -0.3 is 21.1 Å². The number of urea groups is 1. The summed E-state index contributed by atoms with van der Waals surface area (Å²) in [6.07, 6.45) is 0.593. The van der Waals surface area contributed by atoms with E-state index in [1.54, 1.807) is 4.90 Å². The lowest BCUT2D eigenvalue weighted by atomic mass is 10.1. The Morgan fingerprint density at radius 2 is 2.50 bits per heavy atom. The Morgan fingerprint density at radius 3 is 3.08 bits per heavy atom. The van der Waals surface area contributed by atoms with Crippen LogP contribution in [0.1, 0.15) is 6.42 Å². The van der Waals surface area contributed by atoms with Gasteiger partial charge in [-0.05, 0) is 6.42 Å². The smallest absolute Gasteiger partial charge is 0.315 e. The Balaban J connectivity index is 2.48. The standard InChI is InChI=1S/C7H15N3O2/c8-7(12)10-3-2-9-5-6(10)1-4-11/h6,9,11H,1-5H2,(H2,8,12). The van der Waals surface area contributed by atoms with Crippen molar-refractivity contribution in [3.05, 3.63) is 0 Å². The van der Waals surface area contributed by atoms with Gasteiger partial charge in [-0.1, -0.05) is 0 Å². The van der Waals surface area contributed by atoms with Crippen LogP contribution in [0.5, 0.6) is 0 Å². The molecule has 5 heteroatoms. The van der Waals surface area contributed by atoms with E-state index < -0.39 is 6.03 Å². The number of amides is 2. The fourth-order valence-corrected chi connectivity index (χ4v) is 1.46. The third kappa shape index (κ3) is 2.09. The molecule has 0 aromatic carbocycles. The maximum atomic E-state index is 10.9. The number of aliphatic hydroxyl groups is 1. The third-order valence-corrected chi connectivity index (χ3v) is 2.10. The van der Waals surface area contributed by atoms with Gasteiger partial charge in [-0.2, -0.15) is 0 Å². The molecule has 1 fully saturated rings. The summed E-state index contributed by atoms with van der Waals surface area (Å²) >= 11 is 0. The van der Waals surface area contributed by atoms with E-state index in [4.69, 9.17) is 10.8 Å². The van der Waals surface area contributed by atoms with E-state index in [-0.39, 0.29) is 12.6 Å². The zero-order valence-corrected chi connectivity index (χ0v) is 6.99. The molecular formula is C7H15N3O2. The van der Waals surface area contributed by atoms with Gasteiger partial charge in [-0.25, -0.2) is 4.79 Å². The maximum absolute atomic E-state index is 10.9. The number of nitrogens with zero attached hydrogens (tertiary/aromatic N) is 1. The molecule has 1 unspecified atom stereocenters. The molecule has 1 heterocycles. The lowest BCUT2D eigenvalue weighted by molar-refractivity contribution is 0.146. The van der Waals surface area contributed by atoms with Crippen molar-refractivity contribution in [3.8, 4) is 0 Å². The lowest BCUT2D eigenvalue weighted by Crippen LogP contribution is -2.55. The molecule has 5 nitrogen and oxygen atoms in total. The number of primary amides is 1. The van der Waals surface area contributed by atoms with Gasteiger partial charge in [-0.15, -0.1) is 0 Å². The normalized spacial score (nSPS) is 24.1. The number of nitrogens with two attached hydrogens (primary N) is 1. The average molecular weight is 173 g/mol. The Kier molecular flexibility index (Phi) is 3.31. The summed E-state index contributed by atoms with van der Waals surface area (Å²) in [7, 11) is 0. The number of piperazine rings is 1. The molecule has 0 aromatic heterocycles. The average Bonchev–Trinajstić information content (AvgIpc) is 2.05. The van der Waals surface area contributed by atoms with Crippen molar-refractivity contribution in [2.45, 2.75) is 12.5 Å². The summed E-state index contributed by atoms with van der Waals surface area (Å²) in [6.45, 7) is 2.24. The Bertz CT molecular complexity index is 161. The van der Waals surface area contributed by atoms with Crippen LogP contribution >= 0.6 is 0 Å². The van der Waals surface area contributed by atoms with Crippen LogP contribution in [0.15, 0.2) is 0 Å². The SMILES string of the molecule is NC(=O)N1CCNCC1CCO. The molecule has 12 heavy (non-hydrogen) atoms. The second kappa shape index (κ2) is 4.27. The van der Waals surface area contributed by atoms with E-state index in [9.17, 15) is 4.79 Å². The van der Waals surface area contributed by atoms with Crippen molar-refractivity contribution in [1.29, 1.82) is 0 Å². The zero-order valence-electron chi connectivity index (χ0n) is 6.99. The molecule has 1 aliphatic rings. The highest BCUT2D eigenvalue weighted by Crippen LogP contribution is 2.05. The van der Waals surface area contributed by atoms with E-state index in [0.717, 1.165) is 13.1 Å². The quantitative estimate of drug-likeness (QED) is 0.486. The van der Waals surface area contributed by atoms with Crippen LogP contribution < -0.4 is 11.1 Å². The predicted octanol–water partition coefficient (Wildman–Crippen LogP) is -1.28. The Hall–Kier alpha value is -0.810. The molecule has 0 aromatic rings. The summed E-state index contributed by atoms with van der Waals surface area (Å²) in [5.41, 5.74) is 5.17. The second-order valence-corrected chi connectivity index (χ2v) is 2.90. The predicted molar refractivity (Wildman–Crippen MR) is 44.6 cm³/mol. The number of rotatable bonds is 2. The summed E-state index contributed by atoms with van der Waals surface area (Å²) < 4.78 is 0. The van der Waals surface area contributed by atoms with Gasteiger partial charge in [0.1, 0.15) is 0 Å². The largest absolute Gasteiger partial charge is 0.396 e. The van der Waals surface area contributed by atoms with Crippen LogP contribution in [-0.2, 0) is 0 Å². The van der Waals surface area contributed by atoms with Crippen molar-refractivity contribution in [1.82, 2.24) is 10.2 Å². The first kappa shape index (κ1) is 9.28. The van der Waals surface area contributed by atoms with Gasteiger partial charge >= 0.3 is 6.03 Å². The molecule has 0 aliphatic carbocycles. The second-order valence-electron chi connectivity index (χ2n) is 2.90.